The Kier molecular flexibility index (Phi) is 7.29. The van der Waals surface area contributed by atoms with Crippen LogP contribution in [0.5, 0.6) is 5.75 Å². The molecule has 4 N–H and O–H groups in total. The number of ether oxygens (including phenoxy) is 1. The summed E-state index contributed by atoms with van der Waals surface area (Å²) in [7, 11) is 1.57. The third-order valence-electron chi connectivity index (χ3n) is 4.27. The van der Waals surface area contributed by atoms with Crippen molar-refractivity contribution in [1.29, 1.82) is 0 Å². The van der Waals surface area contributed by atoms with Gasteiger partial charge in [0.1, 0.15) is 5.75 Å². The Bertz CT molecular complexity index is 1080. The lowest BCUT2D eigenvalue weighted by Crippen LogP contribution is -2.15. The van der Waals surface area contributed by atoms with Crippen LogP contribution in [-0.2, 0) is 4.79 Å². The summed E-state index contributed by atoms with van der Waals surface area (Å²) in [5, 5.41) is 5.61. The second-order valence-corrected chi connectivity index (χ2v) is 7.54. The molecule has 0 saturated heterocycles. The summed E-state index contributed by atoms with van der Waals surface area (Å²) in [4.78, 5) is 36.5. The number of methoxy groups -OCH3 is 1. The minimum absolute atomic E-state index is 0.188. The maximum atomic E-state index is 12.4. The second kappa shape index (κ2) is 10.3. The molecule has 8 heteroatoms. The Morgan fingerprint density at radius 2 is 1.55 bits per heavy atom. The summed E-state index contributed by atoms with van der Waals surface area (Å²) in [5.74, 6) is -0.0798. The van der Waals surface area contributed by atoms with Crippen molar-refractivity contribution in [1.82, 2.24) is 0 Å². The first-order chi connectivity index (χ1) is 14.9. The number of hydrogen-bond acceptors (Lipinski definition) is 5. The van der Waals surface area contributed by atoms with Gasteiger partial charge in [-0.05, 0) is 66.7 Å². The molecule has 0 atom stereocenters. The van der Waals surface area contributed by atoms with Crippen molar-refractivity contribution in [3.05, 3.63) is 83.9 Å². The Morgan fingerprint density at radius 3 is 2.19 bits per heavy atom. The first-order valence-electron chi connectivity index (χ1n) is 9.32. The van der Waals surface area contributed by atoms with Gasteiger partial charge in [-0.15, -0.1) is 11.8 Å². The van der Waals surface area contributed by atoms with E-state index in [-0.39, 0.29) is 17.6 Å². The maximum absolute atomic E-state index is 12.4. The molecule has 7 nitrogen and oxygen atoms in total. The number of thioether (sulfide) groups is 1. The number of anilines is 2. The molecule has 0 unspecified atom stereocenters. The zero-order valence-electron chi connectivity index (χ0n) is 16.8. The summed E-state index contributed by atoms with van der Waals surface area (Å²) >= 11 is 1.34. The first-order valence-corrected chi connectivity index (χ1v) is 10.3. The topological polar surface area (TPSA) is 111 Å². The van der Waals surface area contributed by atoms with Crippen molar-refractivity contribution in [2.24, 2.45) is 5.73 Å². The van der Waals surface area contributed by atoms with Crippen LogP contribution < -0.4 is 21.1 Å². The quantitative estimate of drug-likeness (QED) is 0.467. The molecule has 0 spiro atoms. The van der Waals surface area contributed by atoms with Gasteiger partial charge in [0.05, 0.1) is 12.9 Å². The maximum Gasteiger partial charge on any atom is 0.255 e. The molecule has 31 heavy (non-hydrogen) atoms. The van der Waals surface area contributed by atoms with Crippen LogP contribution in [0.25, 0.3) is 0 Å². The number of primary amides is 1. The Morgan fingerprint density at radius 1 is 0.871 bits per heavy atom. The highest BCUT2D eigenvalue weighted by atomic mass is 32.2. The van der Waals surface area contributed by atoms with Gasteiger partial charge in [-0.25, -0.2) is 0 Å². The highest BCUT2D eigenvalue weighted by molar-refractivity contribution is 8.00. The fraction of sp³-hybridized carbons (Fsp3) is 0.0870. The number of amides is 3. The van der Waals surface area contributed by atoms with E-state index in [4.69, 9.17) is 10.5 Å². The van der Waals surface area contributed by atoms with Crippen LogP contribution >= 0.6 is 11.8 Å². The Balaban J connectivity index is 1.54. The molecule has 0 aliphatic rings. The number of benzene rings is 3. The van der Waals surface area contributed by atoms with Crippen molar-refractivity contribution >= 4 is 40.9 Å². The molecule has 0 aliphatic heterocycles. The smallest absolute Gasteiger partial charge is 0.255 e. The average Bonchev–Trinajstić information content (AvgIpc) is 2.78. The van der Waals surface area contributed by atoms with Gasteiger partial charge in [-0.3, -0.25) is 14.4 Å². The van der Waals surface area contributed by atoms with E-state index in [1.165, 1.54) is 11.8 Å². The van der Waals surface area contributed by atoms with Gasteiger partial charge >= 0.3 is 0 Å². The summed E-state index contributed by atoms with van der Waals surface area (Å²) < 4.78 is 5.10. The van der Waals surface area contributed by atoms with Gasteiger partial charge in [-0.1, -0.05) is 6.07 Å². The predicted molar refractivity (Wildman–Crippen MR) is 122 cm³/mol. The average molecular weight is 436 g/mol. The molecule has 0 radical (unpaired) electrons. The van der Waals surface area contributed by atoms with E-state index in [0.29, 0.717) is 28.3 Å². The Hall–Kier alpha value is -3.78. The molecule has 0 bridgehead atoms. The fourth-order valence-corrected chi connectivity index (χ4v) is 3.43. The lowest BCUT2D eigenvalue weighted by atomic mass is 10.2. The lowest BCUT2D eigenvalue weighted by Gasteiger charge is -2.09. The van der Waals surface area contributed by atoms with E-state index < -0.39 is 5.91 Å². The van der Waals surface area contributed by atoms with E-state index in [1.54, 1.807) is 67.8 Å². The SMILES string of the molecule is COc1ccc(C(=O)Nc2cccc(SCC(=O)Nc3ccc(C(N)=O)cc3)c2)cc1. The molecule has 0 fully saturated rings. The van der Waals surface area contributed by atoms with Crippen LogP contribution in [0.1, 0.15) is 20.7 Å². The highest BCUT2D eigenvalue weighted by Gasteiger charge is 2.09. The van der Waals surface area contributed by atoms with Crippen LogP contribution in [0, 0.1) is 0 Å². The van der Waals surface area contributed by atoms with E-state index in [2.05, 4.69) is 10.6 Å². The molecular weight excluding hydrogens is 414 g/mol. The number of carbonyl (C=O) groups excluding carboxylic acids is 3. The normalized spacial score (nSPS) is 10.2. The summed E-state index contributed by atoms with van der Waals surface area (Å²) in [5.41, 5.74) is 7.31. The van der Waals surface area contributed by atoms with Crippen LogP contribution in [0.2, 0.25) is 0 Å². The molecule has 3 aromatic rings. The van der Waals surface area contributed by atoms with Crippen LogP contribution in [-0.4, -0.2) is 30.6 Å². The van der Waals surface area contributed by atoms with Crippen molar-refractivity contribution < 1.29 is 19.1 Å². The number of carbonyl (C=O) groups is 3. The molecule has 3 rings (SSSR count). The van der Waals surface area contributed by atoms with E-state index >= 15 is 0 Å². The number of rotatable bonds is 8. The zero-order valence-corrected chi connectivity index (χ0v) is 17.6. The minimum atomic E-state index is -0.521. The van der Waals surface area contributed by atoms with Crippen LogP contribution in [0.15, 0.2) is 77.7 Å². The van der Waals surface area contributed by atoms with Crippen molar-refractivity contribution in [2.75, 3.05) is 23.5 Å². The van der Waals surface area contributed by atoms with Gasteiger partial charge in [0, 0.05) is 27.4 Å². The molecule has 0 heterocycles. The second-order valence-electron chi connectivity index (χ2n) is 6.49. The molecule has 0 aromatic heterocycles. The predicted octanol–water partition coefficient (Wildman–Crippen LogP) is 3.78. The summed E-state index contributed by atoms with van der Waals surface area (Å²) in [6, 6.07) is 20.4. The molecular formula is C23H21N3O4S. The molecule has 0 saturated carbocycles. The lowest BCUT2D eigenvalue weighted by molar-refractivity contribution is -0.113. The monoisotopic (exact) mass is 435 g/mol. The fourth-order valence-electron chi connectivity index (χ4n) is 2.67. The third-order valence-corrected chi connectivity index (χ3v) is 5.26. The van der Waals surface area contributed by atoms with Crippen molar-refractivity contribution in [2.45, 2.75) is 4.90 Å². The van der Waals surface area contributed by atoms with Gasteiger partial charge in [0.15, 0.2) is 0 Å². The van der Waals surface area contributed by atoms with Crippen molar-refractivity contribution in [3.8, 4) is 5.75 Å². The third kappa shape index (κ3) is 6.35. The first kappa shape index (κ1) is 21.9. The van der Waals surface area contributed by atoms with E-state index in [1.807, 2.05) is 12.1 Å². The summed E-state index contributed by atoms with van der Waals surface area (Å²) in [6.45, 7) is 0. The zero-order chi connectivity index (χ0) is 22.2. The standard InChI is InChI=1S/C23H21N3O4S/c1-30-19-11-7-16(8-12-19)23(29)26-18-3-2-4-20(13-18)31-14-21(27)25-17-9-5-15(6-10-17)22(24)28/h2-13H,14H2,1H3,(H2,24,28)(H,25,27)(H,26,29). The van der Waals surface area contributed by atoms with Gasteiger partial charge in [0.25, 0.3) is 5.91 Å². The van der Waals surface area contributed by atoms with Gasteiger partial charge in [-0.2, -0.15) is 0 Å². The molecule has 158 valence electrons. The van der Waals surface area contributed by atoms with Crippen LogP contribution in [0.3, 0.4) is 0 Å². The minimum Gasteiger partial charge on any atom is -0.497 e. The highest BCUT2D eigenvalue weighted by Crippen LogP contribution is 2.23. The van der Waals surface area contributed by atoms with E-state index in [0.717, 1.165) is 4.90 Å². The largest absolute Gasteiger partial charge is 0.497 e. The summed E-state index contributed by atoms with van der Waals surface area (Å²) in [6.07, 6.45) is 0. The van der Waals surface area contributed by atoms with Crippen molar-refractivity contribution in [3.63, 3.8) is 0 Å². The van der Waals surface area contributed by atoms with E-state index in [9.17, 15) is 14.4 Å². The molecule has 3 aromatic carbocycles. The Labute approximate surface area is 184 Å². The molecule has 0 aliphatic carbocycles. The number of nitrogens with one attached hydrogen (secondary N) is 2. The van der Waals surface area contributed by atoms with Gasteiger partial charge in [0.2, 0.25) is 11.8 Å². The van der Waals surface area contributed by atoms with Crippen LogP contribution in [0.4, 0.5) is 11.4 Å². The van der Waals surface area contributed by atoms with Gasteiger partial charge < -0.3 is 21.1 Å². The number of hydrogen-bond donors (Lipinski definition) is 3. The molecule has 3 amide bonds. The number of nitrogens with two attached hydrogens (primary N) is 1.